The number of likely N-dealkylation sites (N-methyl/N-ethyl adjacent to an activating group) is 1. The summed E-state index contributed by atoms with van der Waals surface area (Å²) in [5.41, 5.74) is 3.91. The number of ether oxygens (including phenoxy) is 1. The number of carbonyl (C=O) groups is 1. The smallest absolute Gasteiger partial charge is 0.283 e. The molecule has 3 aromatic rings. The Morgan fingerprint density at radius 1 is 1.12 bits per heavy atom. The summed E-state index contributed by atoms with van der Waals surface area (Å²) < 4.78 is 35.0. The first-order valence-corrected chi connectivity index (χ1v) is 15.6. The van der Waals surface area contributed by atoms with Gasteiger partial charge in [0.15, 0.2) is 11.3 Å². The number of anilines is 1. The van der Waals surface area contributed by atoms with E-state index < -0.39 is 15.0 Å². The van der Waals surface area contributed by atoms with E-state index >= 15 is 0 Å². The van der Waals surface area contributed by atoms with Crippen molar-refractivity contribution in [2.24, 2.45) is 11.3 Å². The average molecular weight is 579 g/mol. The van der Waals surface area contributed by atoms with Crippen LogP contribution in [0.25, 0.3) is 11.3 Å². The summed E-state index contributed by atoms with van der Waals surface area (Å²) in [5.74, 6) is 0.613. The Kier molecular flexibility index (Phi) is 8.11. The van der Waals surface area contributed by atoms with Gasteiger partial charge in [-0.1, -0.05) is 32.0 Å². The van der Waals surface area contributed by atoms with Crippen LogP contribution in [-0.4, -0.2) is 65.3 Å². The van der Waals surface area contributed by atoms with Crippen LogP contribution in [0.1, 0.15) is 67.6 Å². The molecule has 10 nitrogen and oxygen atoms in total. The third kappa shape index (κ3) is 6.56. The fourth-order valence-electron chi connectivity index (χ4n) is 5.80. The van der Waals surface area contributed by atoms with Gasteiger partial charge in [-0.25, -0.2) is 14.7 Å². The second-order valence-corrected chi connectivity index (χ2v) is 13.6. The zero-order valence-corrected chi connectivity index (χ0v) is 25.1. The molecule has 2 aromatic heterocycles. The third-order valence-corrected chi connectivity index (χ3v) is 9.50. The molecule has 0 radical (unpaired) electrons. The van der Waals surface area contributed by atoms with E-state index in [1.165, 1.54) is 31.9 Å². The minimum atomic E-state index is -4.23. The molecule has 1 spiro atoms. The number of hydrogen-bond donors (Lipinski definition) is 1. The molecule has 0 unspecified atom stereocenters. The molecule has 1 aromatic carbocycles. The number of benzene rings is 1. The molecule has 2 aliphatic carbocycles. The number of hydrogen-bond acceptors (Lipinski definition) is 9. The lowest BCUT2D eigenvalue weighted by Crippen LogP contribution is -2.50. The van der Waals surface area contributed by atoms with E-state index in [1.807, 2.05) is 32.0 Å². The lowest BCUT2D eigenvalue weighted by atomic mass is 9.75. The molecule has 0 amide bonds. The quantitative estimate of drug-likeness (QED) is 0.301. The highest BCUT2D eigenvalue weighted by molar-refractivity contribution is 7.92. The summed E-state index contributed by atoms with van der Waals surface area (Å²) in [7, 11) is -2.04. The molecule has 0 aliphatic heterocycles. The van der Waals surface area contributed by atoms with Crippen LogP contribution in [0.15, 0.2) is 41.7 Å². The van der Waals surface area contributed by atoms with Crippen LogP contribution in [0, 0.1) is 25.2 Å². The lowest BCUT2D eigenvalue weighted by Gasteiger charge is -2.45. The molecule has 2 aliphatic rings. The van der Waals surface area contributed by atoms with Crippen molar-refractivity contribution in [3.63, 3.8) is 0 Å². The van der Waals surface area contributed by atoms with Gasteiger partial charge in [0.1, 0.15) is 12.3 Å². The van der Waals surface area contributed by atoms with Gasteiger partial charge in [0.25, 0.3) is 10.0 Å². The summed E-state index contributed by atoms with van der Waals surface area (Å²) in [6, 6.07) is 8.44. The number of aryl methyl sites for hydroxylation is 2. The second kappa shape index (κ2) is 11.4. The third-order valence-electron chi connectivity index (χ3n) is 8.31. The summed E-state index contributed by atoms with van der Waals surface area (Å²) >= 11 is 0. The van der Waals surface area contributed by atoms with Gasteiger partial charge in [0, 0.05) is 23.7 Å². The molecule has 41 heavy (non-hydrogen) atoms. The van der Waals surface area contributed by atoms with Crippen LogP contribution in [0.5, 0.6) is 5.88 Å². The van der Waals surface area contributed by atoms with E-state index in [-0.39, 0.29) is 23.6 Å². The summed E-state index contributed by atoms with van der Waals surface area (Å²) in [4.78, 5) is 30.3. The van der Waals surface area contributed by atoms with Crippen LogP contribution in [-0.2, 0) is 10.0 Å². The van der Waals surface area contributed by atoms with E-state index in [1.54, 1.807) is 6.07 Å². The zero-order chi connectivity index (χ0) is 29.4. The molecule has 0 saturated heterocycles. The predicted molar refractivity (Wildman–Crippen MR) is 156 cm³/mol. The molecule has 11 heteroatoms. The fraction of sp³-hybridized carbons (Fsp3) is 0.500. The SMILES string of the molecule is Cc1cccc(C)c1-c1cc(OC[C@@H](CC(C)C)N(C)C2CC3(CC3)C2)nc(NS(=O)(=O)c2cncc(C=O)n2)n1. The van der Waals surface area contributed by atoms with E-state index in [0.29, 0.717) is 36.0 Å². The molecule has 5 rings (SSSR count). The first-order valence-electron chi connectivity index (χ1n) is 14.1. The van der Waals surface area contributed by atoms with Crippen molar-refractivity contribution in [2.75, 3.05) is 18.4 Å². The molecule has 0 bridgehead atoms. The first-order chi connectivity index (χ1) is 19.5. The van der Waals surface area contributed by atoms with Crippen molar-refractivity contribution < 1.29 is 17.9 Å². The minimum Gasteiger partial charge on any atom is -0.476 e. The Bertz CT molecular complexity index is 1510. The largest absolute Gasteiger partial charge is 0.476 e. The van der Waals surface area contributed by atoms with Crippen LogP contribution < -0.4 is 9.46 Å². The van der Waals surface area contributed by atoms with Gasteiger partial charge < -0.3 is 4.74 Å². The minimum absolute atomic E-state index is 0.0958. The lowest BCUT2D eigenvalue weighted by molar-refractivity contribution is 0.0262. The molecule has 1 N–H and O–H groups in total. The van der Waals surface area contributed by atoms with Crippen LogP contribution in [0.2, 0.25) is 0 Å². The zero-order valence-electron chi connectivity index (χ0n) is 24.3. The number of rotatable bonds is 12. The topological polar surface area (TPSA) is 127 Å². The highest BCUT2D eigenvalue weighted by atomic mass is 32.2. The summed E-state index contributed by atoms with van der Waals surface area (Å²) in [6.07, 6.45) is 8.89. The number of aldehydes is 1. The Labute approximate surface area is 242 Å². The van der Waals surface area contributed by atoms with E-state index in [2.05, 4.69) is 50.5 Å². The van der Waals surface area contributed by atoms with Gasteiger partial charge in [0.05, 0.1) is 18.1 Å². The standard InChI is InChI=1S/C30H38N6O4S/c1-19(2)11-23(36(5)24-13-30(14-24)9-10-30)18-40-26-12-25(28-20(3)7-6-8-21(28)4)33-29(34-26)35-41(38,39)27-16-31-15-22(17-37)32-27/h6-8,12,15-17,19,23-24H,9-11,13-14,18H2,1-5H3,(H,33,34,35)/t23-/m1/s1. The van der Waals surface area contributed by atoms with Gasteiger partial charge in [-0.2, -0.15) is 13.4 Å². The molecule has 2 heterocycles. The number of nitrogens with zero attached hydrogens (tertiary/aromatic N) is 5. The number of sulfonamides is 1. The Hall–Kier alpha value is -3.44. The second-order valence-electron chi connectivity index (χ2n) is 12.0. The molecule has 218 valence electrons. The number of aromatic nitrogens is 4. The van der Waals surface area contributed by atoms with Gasteiger partial charge in [-0.15, -0.1) is 0 Å². The maximum Gasteiger partial charge on any atom is 0.283 e. The van der Waals surface area contributed by atoms with Crippen molar-refractivity contribution >= 4 is 22.3 Å². The Morgan fingerprint density at radius 3 is 2.46 bits per heavy atom. The molecular weight excluding hydrogens is 540 g/mol. The maximum atomic E-state index is 13.2. The Morgan fingerprint density at radius 2 is 1.83 bits per heavy atom. The maximum absolute atomic E-state index is 13.2. The van der Waals surface area contributed by atoms with Crippen molar-refractivity contribution in [2.45, 2.75) is 76.9 Å². The van der Waals surface area contributed by atoms with Crippen LogP contribution >= 0.6 is 0 Å². The molecule has 2 fully saturated rings. The molecular formula is C30H38N6O4S. The predicted octanol–water partition coefficient (Wildman–Crippen LogP) is 4.83. The van der Waals surface area contributed by atoms with E-state index in [4.69, 9.17) is 4.74 Å². The Balaban J connectivity index is 1.44. The van der Waals surface area contributed by atoms with Gasteiger partial charge in [-0.05, 0) is 75.5 Å². The van der Waals surface area contributed by atoms with E-state index in [9.17, 15) is 13.2 Å². The highest BCUT2D eigenvalue weighted by Crippen LogP contribution is 2.61. The average Bonchev–Trinajstić information content (AvgIpc) is 3.71. The highest BCUT2D eigenvalue weighted by Gasteiger charge is 2.54. The van der Waals surface area contributed by atoms with Crippen molar-refractivity contribution in [3.8, 4) is 17.1 Å². The van der Waals surface area contributed by atoms with Gasteiger partial charge in [0.2, 0.25) is 11.8 Å². The van der Waals surface area contributed by atoms with Crippen molar-refractivity contribution in [1.82, 2.24) is 24.8 Å². The van der Waals surface area contributed by atoms with Crippen LogP contribution in [0.4, 0.5) is 5.95 Å². The van der Waals surface area contributed by atoms with E-state index in [0.717, 1.165) is 29.3 Å². The monoisotopic (exact) mass is 578 g/mol. The normalized spacial score (nSPS) is 17.0. The fourth-order valence-corrected chi connectivity index (χ4v) is 6.66. The molecule has 2 saturated carbocycles. The van der Waals surface area contributed by atoms with Gasteiger partial charge >= 0.3 is 0 Å². The summed E-state index contributed by atoms with van der Waals surface area (Å²) in [6.45, 7) is 8.80. The van der Waals surface area contributed by atoms with Crippen molar-refractivity contribution in [3.05, 3.63) is 53.5 Å². The van der Waals surface area contributed by atoms with Crippen LogP contribution in [0.3, 0.4) is 0 Å². The summed E-state index contributed by atoms with van der Waals surface area (Å²) in [5, 5.41) is -0.404. The van der Waals surface area contributed by atoms with Crippen molar-refractivity contribution in [1.29, 1.82) is 0 Å². The molecule has 1 atom stereocenters. The number of carbonyl (C=O) groups excluding carboxylic acids is 1. The van der Waals surface area contributed by atoms with Gasteiger partial charge in [-0.3, -0.25) is 14.7 Å². The number of nitrogens with one attached hydrogen (secondary N) is 1. The first kappa shape index (κ1) is 29.1.